The molecule has 2 rings (SSSR count). The number of halogens is 1. The topological polar surface area (TPSA) is 32.6 Å². The second-order valence-corrected chi connectivity index (χ2v) is 4.24. The molecular formula is C12H16ClN2+. The third-order valence-corrected chi connectivity index (χ3v) is 2.99. The molecule has 3 N–H and O–H groups in total. The van der Waals surface area contributed by atoms with E-state index in [2.05, 4.69) is 23.3 Å². The van der Waals surface area contributed by atoms with Crippen molar-refractivity contribution in [2.45, 2.75) is 26.3 Å². The molecule has 0 aliphatic heterocycles. The molecule has 0 spiro atoms. The average molecular weight is 224 g/mol. The van der Waals surface area contributed by atoms with Gasteiger partial charge in [0.25, 0.3) is 0 Å². The molecule has 1 aromatic heterocycles. The first-order chi connectivity index (χ1) is 7.24. The minimum absolute atomic E-state index is 0.812. The third kappa shape index (κ3) is 1.87. The molecule has 0 fully saturated rings. The molecule has 0 atom stereocenters. The fourth-order valence-corrected chi connectivity index (χ4v) is 2.22. The van der Waals surface area contributed by atoms with E-state index in [1.807, 2.05) is 18.3 Å². The lowest BCUT2D eigenvalue weighted by Crippen LogP contribution is -2.40. The highest BCUT2D eigenvalue weighted by molar-refractivity contribution is 6.36. The molecule has 0 unspecified atom stereocenters. The first-order valence-corrected chi connectivity index (χ1v) is 5.71. The SMILES string of the molecule is CCCCn1cc(Cl)c2c([NH3+])cccc21. The molecule has 0 saturated carbocycles. The molecule has 3 heteroatoms. The summed E-state index contributed by atoms with van der Waals surface area (Å²) in [6, 6.07) is 6.13. The van der Waals surface area contributed by atoms with Crippen LogP contribution >= 0.6 is 11.6 Å². The van der Waals surface area contributed by atoms with Crippen molar-refractivity contribution >= 4 is 28.2 Å². The minimum atomic E-state index is 0.812. The lowest BCUT2D eigenvalue weighted by Gasteiger charge is -2.03. The molecule has 0 saturated heterocycles. The molecule has 2 aromatic rings. The number of unbranched alkanes of at least 4 members (excludes halogenated alkanes) is 1. The van der Waals surface area contributed by atoms with Crippen LogP contribution in [0.5, 0.6) is 0 Å². The van der Waals surface area contributed by atoms with Crippen molar-refractivity contribution in [3.05, 3.63) is 29.4 Å². The molecule has 1 heterocycles. The van der Waals surface area contributed by atoms with Crippen LogP contribution in [-0.2, 0) is 6.54 Å². The zero-order chi connectivity index (χ0) is 10.8. The quantitative estimate of drug-likeness (QED) is 0.830. The van der Waals surface area contributed by atoms with Gasteiger partial charge >= 0.3 is 0 Å². The van der Waals surface area contributed by atoms with Crippen molar-refractivity contribution in [1.29, 1.82) is 0 Å². The summed E-state index contributed by atoms with van der Waals surface area (Å²) in [5.41, 5.74) is 6.21. The molecule has 2 nitrogen and oxygen atoms in total. The molecule has 15 heavy (non-hydrogen) atoms. The van der Waals surface area contributed by atoms with Gasteiger partial charge in [-0.1, -0.05) is 31.0 Å². The maximum atomic E-state index is 6.20. The molecule has 0 aliphatic rings. The maximum absolute atomic E-state index is 6.20. The van der Waals surface area contributed by atoms with Crippen LogP contribution in [0.15, 0.2) is 24.4 Å². The van der Waals surface area contributed by atoms with E-state index in [1.165, 1.54) is 18.4 Å². The fourth-order valence-electron chi connectivity index (χ4n) is 1.89. The third-order valence-electron chi connectivity index (χ3n) is 2.70. The Kier molecular flexibility index (Phi) is 2.98. The highest BCUT2D eigenvalue weighted by Crippen LogP contribution is 2.29. The Balaban J connectivity index is 2.53. The monoisotopic (exact) mass is 223 g/mol. The molecule has 80 valence electrons. The number of aryl methyl sites for hydroxylation is 1. The Morgan fingerprint density at radius 3 is 2.93 bits per heavy atom. The van der Waals surface area contributed by atoms with Gasteiger partial charge in [0.05, 0.1) is 15.9 Å². The number of fused-ring (bicyclic) bond motifs is 1. The van der Waals surface area contributed by atoms with E-state index in [0.717, 1.165) is 22.6 Å². The van der Waals surface area contributed by atoms with E-state index in [0.29, 0.717) is 0 Å². The molecule has 0 bridgehead atoms. The van der Waals surface area contributed by atoms with Crippen LogP contribution in [0.4, 0.5) is 5.69 Å². The largest absolute Gasteiger partial charge is 0.346 e. The number of rotatable bonds is 3. The summed E-state index contributed by atoms with van der Waals surface area (Å²) in [5.74, 6) is 0. The number of quaternary nitrogens is 1. The summed E-state index contributed by atoms with van der Waals surface area (Å²) >= 11 is 6.20. The predicted octanol–water partition coefficient (Wildman–Crippen LogP) is 2.97. The predicted molar refractivity (Wildman–Crippen MR) is 64.4 cm³/mol. The first-order valence-electron chi connectivity index (χ1n) is 5.33. The molecule has 1 aromatic carbocycles. The van der Waals surface area contributed by atoms with Gasteiger partial charge in [-0.2, -0.15) is 0 Å². The molecule has 0 radical (unpaired) electrons. The number of aromatic nitrogens is 1. The summed E-state index contributed by atoms with van der Waals surface area (Å²) in [6.45, 7) is 3.23. The number of hydrogen-bond acceptors (Lipinski definition) is 0. The normalized spacial score (nSPS) is 11.1. The van der Waals surface area contributed by atoms with Gasteiger partial charge in [-0.15, -0.1) is 0 Å². The second kappa shape index (κ2) is 4.25. The summed E-state index contributed by atoms with van der Waals surface area (Å²) < 4.78 is 2.22. The second-order valence-electron chi connectivity index (χ2n) is 3.84. The highest BCUT2D eigenvalue weighted by atomic mass is 35.5. The van der Waals surface area contributed by atoms with E-state index >= 15 is 0 Å². The van der Waals surface area contributed by atoms with E-state index in [1.54, 1.807) is 0 Å². The fraction of sp³-hybridized carbons (Fsp3) is 0.333. The average Bonchev–Trinajstić information content (AvgIpc) is 2.54. The summed E-state index contributed by atoms with van der Waals surface area (Å²) in [5, 5.41) is 1.90. The summed E-state index contributed by atoms with van der Waals surface area (Å²) in [6.07, 6.45) is 4.39. The Bertz CT molecular complexity index is 474. The lowest BCUT2D eigenvalue weighted by atomic mass is 10.2. The van der Waals surface area contributed by atoms with Gasteiger partial charge in [0.2, 0.25) is 0 Å². The molecule has 0 aliphatic carbocycles. The van der Waals surface area contributed by atoms with Crippen molar-refractivity contribution in [3.8, 4) is 0 Å². The highest BCUT2D eigenvalue weighted by Gasteiger charge is 2.10. The van der Waals surface area contributed by atoms with Gasteiger partial charge in [-0.05, 0) is 18.6 Å². The standard InChI is InChI=1S/C12H15ClN2/c1-2-3-7-15-8-9(13)12-10(14)5-4-6-11(12)15/h4-6,8H,2-3,7,14H2,1H3/p+1. The number of hydrogen-bond donors (Lipinski definition) is 1. The summed E-state index contributed by atoms with van der Waals surface area (Å²) in [7, 11) is 0. The van der Waals surface area contributed by atoms with Crippen LogP contribution < -0.4 is 5.73 Å². The lowest BCUT2D eigenvalue weighted by molar-refractivity contribution is -0.252. The van der Waals surface area contributed by atoms with Crippen molar-refractivity contribution in [2.24, 2.45) is 0 Å². The summed E-state index contributed by atoms with van der Waals surface area (Å²) in [4.78, 5) is 0. The van der Waals surface area contributed by atoms with Gasteiger partial charge < -0.3 is 10.3 Å². The van der Waals surface area contributed by atoms with Gasteiger partial charge in [0, 0.05) is 12.7 Å². The minimum Gasteiger partial charge on any atom is -0.346 e. The number of benzene rings is 1. The van der Waals surface area contributed by atoms with Crippen LogP contribution in [-0.4, -0.2) is 4.57 Å². The van der Waals surface area contributed by atoms with Crippen LogP contribution in [0.2, 0.25) is 5.02 Å². The Morgan fingerprint density at radius 2 is 2.20 bits per heavy atom. The van der Waals surface area contributed by atoms with Crippen LogP contribution in [0.3, 0.4) is 0 Å². The zero-order valence-electron chi connectivity index (χ0n) is 8.96. The van der Waals surface area contributed by atoms with Crippen LogP contribution in [0.25, 0.3) is 10.9 Å². The molecule has 0 amide bonds. The van der Waals surface area contributed by atoms with Gasteiger partial charge in [0.15, 0.2) is 0 Å². The van der Waals surface area contributed by atoms with Crippen LogP contribution in [0, 0.1) is 0 Å². The zero-order valence-corrected chi connectivity index (χ0v) is 9.72. The van der Waals surface area contributed by atoms with Crippen molar-refractivity contribution in [1.82, 2.24) is 4.57 Å². The van der Waals surface area contributed by atoms with Crippen molar-refractivity contribution < 1.29 is 5.73 Å². The van der Waals surface area contributed by atoms with Crippen molar-refractivity contribution in [3.63, 3.8) is 0 Å². The van der Waals surface area contributed by atoms with Gasteiger partial charge in [-0.3, -0.25) is 0 Å². The Hall–Kier alpha value is -0.990. The van der Waals surface area contributed by atoms with Crippen LogP contribution in [0.1, 0.15) is 19.8 Å². The van der Waals surface area contributed by atoms with Crippen molar-refractivity contribution in [2.75, 3.05) is 0 Å². The van der Waals surface area contributed by atoms with E-state index in [9.17, 15) is 0 Å². The first kappa shape index (κ1) is 10.5. The Morgan fingerprint density at radius 1 is 1.40 bits per heavy atom. The molecular weight excluding hydrogens is 208 g/mol. The van der Waals surface area contributed by atoms with Gasteiger partial charge in [-0.25, -0.2) is 0 Å². The van der Waals surface area contributed by atoms with Gasteiger partial charge in [0.1, 0.15) is 5.69 Å². The smallest absolute Gasteiger partial charge is 0.138 e. The maximum Gasteiger partial charge on any atom is 0.138 e. The van der Waals surface area contributed by atoms with E-state index in [4.69, 9.17) is 11.6 Å². The van der Waals surface area contributed by atoms with E-state index in [-0.39, 0.29) is 0 Å². The number of nitrogens with zero attached hydrogens (tertiary/aromatic N) is 1. The van der Waals surface area contributed by atoms with E-state index < -0.39 is 0 Å². The Labute approximate surface area is 94.6 Å².